The topological polar surface area (TPSA) is 58.6 Å². The molecule has 0 radical (unpaired) electrons. The second-order valence-corrected chi connectivity index (χ2v) is 3.66. The Morgan fingerprint density at radius 3 is 2.11 bits per heavy atom. The first-order chi connectivity index (χ1) is 8.75. The monoisotopic (exact) mass is 243 g/mol. The van der Waals surface area contributed by atoms with Gasteiger partial charge in [-0.2, -0.15) is 0 Å². The summed E-state index contributed by atoms with van der Waals surface area (Å²) in [6.45, 7) is 0. The molecule has 0 aliphatic heterocycles. The Labute approximate surface area is 105 Å². The van der Waals surface area contributed by atoms with Crippen LogP contribution in [0.4, 0.5) is 5.69 Å². The van der Waals surface area contributed by atoms with Crippen molar-refractivity contribution in [3.63, 3.8) is 0 Å². The average Bonchev–Trinajstić information content (AvgIpc) is 2.40. The van der Waals surface area contributed by atoms with Gasteiger partial charge in [-0.3, -0.25) is 0 Å². The van der Waals surface area contributed by atoms with Crippen LogP contribution in [-0.2, 0) is 4.79 Å². The molecule has 4 nitrogen and oxygen atoms in total. The van der Waals surface area contributed by atoms with Crippen molar-refractivity contribution in [2.45, 2.75) is 6.23 Å². The first-order valence-electron chi connectivity index (χ1n) is 5.52. The largest absolute Gasteiger partial charge is 0.477 e. The minimum Gasteiger partial charge on any atom is -0.477 e. The molecule has 0 fully saturated rings. The molecular formula is C14H13NO3. The van der Waals surface area contributed by atoms with Crippen molar-refractivity contribution in [1.29, 1.82) is 0 Å². The van der Waals surface area contributed by atoms with Crippen LogP contribution in [0.2, 0.25) is 0 Å². The second-order valence-electron chi connectivity index (χ2n) is 3.66. The number of carboxylic acid groups (broad SMARTS) is 1. The van der Waals surface area contributed by atoms with Crippen LogP contribution in [0.25, 0.3) is 0 Å². The van der Waals surface area contributed by atoms with Gasteiger partial charge in [0.05, 0.1) is 0 Å². The summed E-state index contributed by atoms with van der Waals surface area (Å²) < 4.78 is 5.37. The molecule has 2 aromatic carbocycles. The molecule has 2 rings (SSSR count). The summed E-state index contributed by atoms with van der Waals surface area (Å²) in [5.41, 5.74) is 0.695. The van der Waals surface area contributed by atoms with Gasteiger partial charge in [0.1, 0.15) is 5.75 Å². The lowest BCUT2D eigenvalue weighted by Gasteiger charge is -2.17. The average molecular weight is 243 g/mol. The van der Waals surface area contributed by atoms with E-state index in [1.807, 2.05) is 24.3 Å². The van der Waals surface area contributed by atoms with Gasteiger partial charge in [-0.25, -0.2) is 4.79 Å². The number of carbonyl (C=O) groups is 1. The quantitative estimate of drug-likeness (QED) is 0.792. The fourth-order valence-electron chi connectivity index (χ4n) is 1.46. The number of ether oxygens (including phenoxy) is 1. The minimum atomic E-state index is -1.12. The minimum absolute atomic E-state index is 0.508. The highest BCUT2D eigenvalue weighted by atomic mass is 16.5. The Morgan fingerprint density at radius 2 is 1.56 bits per heavy atom. The maximum atomic E-state index is 11.1. The van der Waals surface area contributed by atoms with Gasteiger partial charge in [0.2, 0.25) is 0 Å². The predicted octanol–water partition coefficient (Wildman–Crippen LogP) is 2.59. The van der Waals surface area contributed by atoms with Crippen molar-refractivity contribution < 1.29 is 14.6 Å². The van der Waals surface area contributed by atoms with E-state index >= 15 is 0 Å². The lowest BCUT2D eigenvalue weighted by Crippen LogP contribution is -2.34. The van der Waals surface area contributed by atoms with Crippen LogP contribution in [0.1, 0.15) is 0 Å². The van der Waals surface area contributed by atoms with Crippen molar-refractivity contribution in [3.05, 3.63) is 60.7 Å². The first-order valence-corrected chi connectivity index (χ1v) is 5.52. The van der Waals surface area contributed by atoms with Gasteiger partial charge in [0, 0.05) is 5.69 Å². The summed E-state index contributed by atoms with van der Waals surface area (Å²) in [5.74, 6) is -0.559. The smallest absolute Gasteiger partial charge is 0.366 e. The van der Waals surface area contributed by atoms with Gasteiger partial charge in [-0.05, 0) is 24.3 Å². The molecule has 0 bridgehead atoms. The van der Waals surface area contributed by atoms with Crippen LogP contribution in [0.5, 0.6) is 5.75 Å². The zero-order valence-electron chi connectivity index (χ0n) is 9.61. The number of rotatable bonds is 5. The number of carboxylic acids is 1. The van der Waals surface area contributed by atoms with Crippen molar-refractivity contribution in [1.82, 2.24) is 0 Å². The molecule has 2 aromatic rings. The van der Waals surface area contributed by atoms with Crippen LogP contribution in [0.3, 0.4) is 0 Å². The SMILES string of the molecule is O=C(O)C(Nc1ccccc1)Oc1ccccc1. The van der Waals surface area contributed by atoms with Crippen molar-refractivity contribution in [2.24, 2.45) is 0 Å². The molecule has 0 spiro atoms. The van der Waals surface area contributed by atoms with E-state index in [0.717, 1.165) is 0 Å². The number of anilines is 1. The van der Waals surface area contributed by atoms with Gasteiger partial charge in [0.25, 0.3) is 6.23 Å². The van der Waals surface area contributed by atoms with Crippen LogP contribution < -0.4 is 10.1 Å². The molecule has 0 aromatic heterocycles. The zero-order valence-corrected chi connectivity index (χ0v) is 9.61. The van der Waals surface area contributed by atoms with Crippen LogP contribution in [0, 0.1) is 0 Å². The van der Waals surface area contributed by atoms with Gasteiger partial charge in [0.15, 0.2) is 0 Å². The molecule has 0 amide bonds. The maximum Gasteiger partial charge on any atom is 0.366 e. The van der Waals surface area contributed by atoms with E-state index in [-0.39, 0.29) is 0 Å². The number of para-hydroxylation sites is 2. The van der Waals surface area contributed by atoms with Crippen molar-refractivity contribution >= 4 is 11.7 Å². The normalized spacial score (nSPS) is 11.6. The summed E-state index contributed by atoms with van der Waals surface area (Å²) in [5, 5.41) is 11.9. The number of hydrogen-bond acceptors (Lipinski definition) is 3. The lowest BCUT2D eigenvalue weighted by molar-refractivity contribution is -0.143. The Balaban J connectivity index is 2.08. The molecule has 0 heterocycles. The Morgan fingerprint density at radius 1 is 1.00 bits per heavy atom. The summed E-state index contributed by atoms with van der Waals surface area (Å²) in [7, 11) is 0. The van der Waals surface area contributed by atoms with Crippen molar-refractivity contribution in [2.75, 3.05) is 5.32 Å². The van der Waals surface area contributed by atoms with E-state index in [0.29, 0.717) is 11.4 Å². The Kier molecular flexibility index (Phi) is 3.81. The van der Waals surface area contributed by atoms with E-state index in [2.05, 4.69) is 5.32 Å². The number of benzene rings is 2. The zero-order chi connectivity index (χ0) is 12.8. The van der Waals surface area contributed by atoms with Crippen LogP contribution in [-0.4, -0.2) is 17.3 Å². The van der Waals surface area contributed by atoms with E-state index in [4.69, 9.17) is 9.84 Å². The molecule has 0 saturated carbocycles. The highest BCUT2D eigenvalue weighted by molar-refractivity contribution is 5.76. The third kappa shape index (κ3) is 3.25. The molecule has 1 unspecified atom stereocenters. The number of hydrogen-bond donors (Lipinski definition) is 2. The summed E-state index contributed by atoms with van der Waals surface area (Å²) in [6.07, 6.45) is -1.12. The van der Waals surface area contributed by atoms with Gasteiger partial charge < -0.3 is 15.2 Å². The van der Waals surface area contributed by atoms with E-state index < -0.39 is 12.2 Å². The van der Waals surface area contributed by atoms with Gasteiger partial charge in [-0.1, -0.05) is 36.4 Å². The van der Waals surface area contributed by atoms with Crippen LogP contribution in [0.15, 0.2) is 60.7 Å². The highest BCUT2D eigenvalue weighted by Gasteiger charge is 2.18. The van der Waals surface area contributed by atoms with E-state index in [1.54, 1.807) is 36.4 Å². The molecule has 2 N–H and O–H groups in total. The van der Waals surface area contributed by atoms with Gasteiger partial charge in [-0.15, -0.1) is 0 Å². The lowest BCUT2D eigenvalue weighted by atomic mass is 10.3. The molecule has 1 atom stereocenters. The third-order valence-corrected chi connectivity index (χ3v) is 2.29. The molecular weight excluding hydrogens is 230 g/mol. The van der Waals surface area contributed by atoms with E-state index in [9.17, 15) is 4.79 Å². The fraction of sp³-hybridized carbons (Fsp3) is 0.0714. The predicted molar refractivity (Wildman–Crippen MR) is 68.6 cm³/mol. The first kappa shape index (κ1) is 12.0. The standard InChI is InChI=1S/C14H13NO3/c16-14(17)13(15-11-7-3-1-4-8-11)18-12-9-5-2-6-10-12/h1-10,13,15H,(H,16,17). The molecule has 18 heavy (non-hydrogen) atoms. The summed E-state index contributed by atoms with van der Waals surface area (Å²) in [4.78, 5) is 11.1. The Bertz CT molecular complexity index is 457. The van der Waals surface area contributed by atoms with Crippen LogP contribution >= 0.6 is 0 Å². The molecule has 0 aliphatic carbocycles. The van der Waals surface area contributed by atoms with Gasteiger partial charge >= 0.3 is 5.97 Å². The molecule has 92 valence electrons. The number of nitrogens with one attached hydrogen (secondary N) is 1. The molecule has 4 heteroatoms. The number of aliphatic carboxylic acids is 1. The fourth-order valence-corrected chi connectivity index (χ4v) is 1.46. The third-order valence-electron chi connectivity index (χ3n) is 2.29. The van der Waals surface area contributed by atoms with Crippen molar-refractivity contribution in [3.8, 4) is 5.75 Å². The summed E-state index contributed by atoms with van der Waals surface area (Å²) >= 11 is 0. The summed E-state index contributed by atoms with van der Waals surface area (Å²) in [6, 6.07) is 17.9. The molecule has 0 saturated heterocycles. The highest BCUT2D eigenvalue weighted by Crippen LogP contribution is 2.13. The van der Waals surface area contributed by atoms with E-state index in [1.165, 1.54) is 0 Å². The second kappa shape index (κ2) is 5.72. The maximum absolute atomic E-state index is 11.1. The Hall–Kier alpha value is -2.49. The molecule has 0 aliphatic rings.